The van der Waals surface area contributed by atoms with E-state index in [1.54, 1.807) is 12.3 Å². The fourth-order valence-corrected chi connectivity index (χ4v) is 5.36. The van der Waals surface area contributed by atoms with Gasteiger partial charge in [-0.3, -0.25) is 4.72 Å². The van der Waals surface area contributed by atoms with Crippen molar-refractivity contribution in [3.05, 3.63) is 77.4 Å². The number of sulfonamides is 1. The zero-order chi connectivity index (χ0) is 24.7. The van der Waals surface area contributed by atoms with Gasteiger partial charge in [-0.1, -0.05) is 26.8 Å². The topological polar surface area (TPSA) is 84.8 Å². The van der Waals surface area contributed by atoms with Gasteiger partial charge in [0.25, 0.3) is 10.0 Å². The molecule has 34 heavy (non-hydrogen) atoms. The Morgan fingerprint density at radius 1 is 1.03 bits per heavy atom. The molecular formula is C23H19F3N4O2S2. The quantitative estimate of drug-likeness (QED) is 0.372. The van der Waals surface area contributed by atoms with Crippen LogP contribution in [0.25, 0.3) is 21.8 Å². The van der Waals surface area contributed by atoms with E-state index < -0.39 is 38.1 Å². The maximum absolute atomic E-state index is 15.6. The maximum atomic E-state index is 15.6. The Kier molecular flexibility index (Phi) is 6.17. The van der Waals surface area contributed by atoms with E-state index in [9.17, 15) is 17.2 Å². The van der Waals surface area contributed by atoms with E-state index >= 15 is 4.39 Å². The molecule has 0 aliphatic carbocycles. The van der Waals surface area contributed by atoms with Crippen molar-refractivity contribution >= 4 is 27.0 Å². The average molecular weight is 505 g/mol. The summed E-state index contributed by atoms with van der Waals surface area (Å²) < 4.78 is 70.6. The number of halogens is 3. The van der Waals surface area contributed by atoms with Crippen LogP contribution in [0.3, 0.4) is 0 Å². The summed E-state index contributed by atoms with van der Waals surface area (Å²) in [5.74, 6) is -3.02. The van der Waals surface area contributed by atoms with Crippen molar-refractivity contribution < 1.29 is 21.6 Å². The standard InChI is InChI=1S/C23H19F3N4O2S2/c1-23(2,3)22-29-20(21(33-22)17-9-10-27-12-28-17)14-5-4-6-16(19(14)26)30-34(31,32)18-11-13(24)7-8-15(18)25/h4-12,30H,1-3H3. The van der Waals surface area contributed by atoms with Crippen LogP contribution in [0.15, 0.2) is 59.9 Å². The Balaban J connectivity index is 1.83. The summed E-state index contributed by atoms with van der Waals surface area (Å²) in [6.45, 7) is 5.90. The van der Waals surface area contributed by atoms with Crippen LogP contribution < -0.4 is 4.72 Å². The first kappa shape index (κ1) is 23.8. The molecule has 176 valence electrons. The van der Waals surface area contributed by atoms with Gasteiger partial charge in [-0.2, -0.15) is 0 Å². The number of aromatic nitrogens is 3. The summed E-state index contributed by atoms with van der Waals surface area (Å²) in [4.78, 5) is 12.5. The van der Waals surface area contributed by atoms with Crippen molar-refractivity contribution in [1.29, 1.82) is 0 Å². The molecule has 6 nitrogen and oxygen atoms in total. The number of anilines is 1. The summed E-state index contributed by atoms with van der Waals surface area (Å²) >= 11 is 1.34. The van der Waals surface area contributed by atoms with Crippen LogP contribution in [-0.4, -0.2) is 23.4 Å². The van der Waals surface area contributed by atoms with E-state index in [1.165, 1.54) is 35.9 Å². The van der Waals surface area contributed by atoms with E-state index in [0.29, 0.717) is 22.7 Å². The molecular weight excluding hydrogens is 485 g/mol. The Morgan fingerprint density at radius 2 is 1.79 bits per heavy atom. The third-order valence-corrected chi connectivity index (χ3v) is 7.65. The van der Waals surface area contributed by atoms with Gasteiger partial charge in [-0.25, -0.2) is 36.5 Å². The first-order valence-corrected chi connectivity index (χ1v) is 12.3. The van der Waals surface area contributed by atoms with Crippen molar-refractivity contribution in [1.82, 2.24) is 15.0 Å². The van der Waals surface area contributed by atoms with Gasteiger partial charge in [-0.15, -0.1) is 11.3 Å². The first-order valence-electron chi connectivity index (χ1n) is 10.0. The number of thiazole rings is 1. The highest BCUT2D eigenvalue weighted by Crippen LogP contribution is 2.41. The van der Waals surface area contributed by atoms with Crippen molar-refractivity contribution in [3.8, 4) is 21.8 Å². The Morgan fingerprint density at radius 3 is 2.47 bits per heavy atom. The van der Waals surface area contributed by atoms with E-state index in [0.717, 1.165) is 11.1 Å². The number of hydrogen-bond acceptors (Lipinski definition) is 6. The molecule has 1 N–H and O–H groups in total. The highest BCUT2D eigenvalue weighted by atomic mass is 32.2. The molecule has 0 bridgehead atoms. The average Bonchev–Trinajstić information content (AvgIpc) is 3.23. The second-order valence-electron chi connectivity index (χ2n) is 8.39. The molecule has 2 aromatic carbocycles. The molecule has 0 aliphatic rings. The number of benzene rings is 2. The molecule has 0 amide bonds. The fourth-order valence-electron chi connectivity index (χ4n) is 3.10. The van der Waals surface area contributed by atoms with Crippen LogP contribution in [-0.2, 0) is 15.4 Å². The van der Waals surface area contributed by atoms with E-state index in [2.05, 4.69) is 15.0 Å². The van der Waals surface area contributed by atoms with E-state index in [4.69, 9.17) is 0 Å². The molecule has 0 saturated heterocycles. The summed E-state index contributed by atoms with van der Waals surface area (Å²) in [5, 5.41) is 0.725. The van der Waals surface area contributed by atoms with Gasteiger partial charge in [0.2, 0.25) is 0 Å². The SMILES string of the molecule is CC(C)(C)c1nc(-c2cccc(NS(=O)(=O)c3cc(F)ccc3F)c2F)c(-c2ccncn2)s1. The lowest BCUT2D eigenvalue weighted by molar-refractivity contribution is 0.555. The minimum Gasteiger partial charge on any atom is -0.277 e. The van der Waals surface area contributed by atoms with E-state index in [-0.39, 0.29) is 16.7 Å². The number of nitrogens with zero attached hydrogens (tertiary/aromatic N) is 3. The van der Waals surface area contributed by atoms with Crippen LogP contribution in [0.1, 0.15) is 25.8 Å². The molecule has 0 fully saturated rings. The van der Waals surface area contributed by atoms with Gasteiger partial charge in [0.1, 0.15) is 22.9 Å². The number of hydrogen-bond donors (Lipinski definition) is 1. The molecule has 11 heteroatoms. The monoisotopic (exact) mass is 504 g/mol. The van der Waals surface area contributed by atoms with Gasteiger partial charge in [0.15, 0.2) is 5.82 Å². The molecule has 2 aromatic heterocycles. The molecule has 0 atom stereocenters. The van der Waals surface area contributed by atoms with Gasteiger partial charge in [-0.05, 0) is 36.4 Å². The molecule has 0 aliphatic heterocycles. The van der Waals surface area contributed by atoms with E-state index in [1.807, 2.05) is 25.5 Å². The highest BCUT2D eigenvalue weighted by Gasteiger charge is 2.27. The zero-order valence-corrected chi connectivity index (χ0v) is 19.9. The summed E-state index contributed by atoms with van der Waals surface area (Å²) in [7, 11) is -4.61. The number of rotatable bonds is 5. The summed E-state index contributed by atoms with van der Waals surface area (Å²) in [6, 6.07) is 7.77. The van der Waals surface area contributed by atoms with Gasteiger partial charge >= 0.3 is 0 Å². The van der Waals surface area contributed by atoms with Gasteiger partial charge in [0.05, 0.1) is 27.0 Å². The third-order valence-electron chi connectivity index (χ3n) is 4.76. The fraction of sp³-hybridized carbons (Fsp3) is 0.174. The lowest BCUT2D eigenvalue weighted by atomic mass is 9.98. The Hall–Kier alpha value is -3.31. The largest absolute Gasteiger partial charge is 0.277 e. The van der Waals surface area contributed by atoms with Crippen LogP contribution >= 0.6 is 11.3 Å². The second kappa shape index (κ2) is 8.80. The molecule has 0 unspecified atom stereocenters. The molecule has 2 heterocycles. The minimum atomic E-state index is -4.61. The summed E-state index contributed by atoms with van der Waals surface area (Å²) in [5.41, 5.74) is 0.0738. The molecule has 0 radical (unpaired) electrons. The molecule has 4 rings (SSSR count). The smallest absolute Gasteiger partial charge is 0.265 e. The van der Waals surface area contributed by atoms with Crippen LogP contribution in [0.2, 0.25) is 0 Å². The maximum Gasteiger partial charge on any atom is 0.265 e. The summed E-state index contributed by atoms with van der Waals surface area (Å²) in [6.07, 6.45) is 2.92. The Bertz CT molecular complexity index is 1470. The third kappa shape index (κ3) is 4.66. The lowest BCUT2D eigenvalue weighted by Crippen LogP contribution is -2.16. The lowest BCUT2D eigenvalue weighted by Gasteiger charge is -2.14. The zero-order valence-electron chi connectivity index (χ0n) is 18.3. The minimum absolute atomic E-state index is 0.0280. The van der Waals surface area contributed by atoms with Crippen molar-refractivity contribution in [3.63, 3.8) is 0 Å². The highest BCUT2D eigenvalue weighted by molar-refractivity contribution is 7.92. The predicted molar refractivity (Wildman–Crippen MR) is 124 cm³/mol. The van der Waals surface area contributed by atoms with Crippen LogP contribution in [0.4, 0.5) is 18.9 Å². The first-order chi connectivity index (χ1) is 16.0. The van der Waals surface area contributed by atoms with Crippen molar-refractivity contribution in [2.45, 2.75) is 31.1 Å². The van der Waals surface area contributed by atoms with Gasteiger partial charge < -0.3 is 0 Å². The van der Waals surface area contributed by atoms with Crippen molar-refractivity contribution in [2.75, 3.05) is 4.72 Å². The van der Waals surface area contributed by atoms with Crippen LogP contribution in [0.5, 0.6) is 0 Å². The predicted octanol–water partition coefficient (Wildman–Crippen LogP) is 5.78. The molecule has 4 aromatic rings. The Labute approximate surface area is 198 Å². The molecule has 0 saturated carbocycles. The molecule has 0 spiro atoms. The van der Waals surface area contributed by atoms with Crippen LogP contribution in [0, 0.1) is 17.5 Å². The number of nitrogens with one attached hydrogen (secondary N) is 1. The normalized spacial score (nSPS) is 12.1. The van der Waals surface area contributed by atoms with Gasteiger partial charge in [0, 0.05) is 17.2 Å². The van der Waals surface area contributed by atoms with Crippen molar-refractivity contribution in [2.24, 2.45) is 0 Å². The second-order valence-corrected chi connectivity index (χ2v) is 11.0.